The van der Waals surface area contributed by atoms with Crippen molar-refractivity contribution in [2.24, 2.45) is 4.99 Å². The van der Waals surface area contributed by atoms with Gasteiger partial charge in [-0.3, -0.25) is 4.99 Å². The summed E-state index contributed by atoms with van der Waals surface area (Å²) >= 11 is 1.35. The highest BCUT2D eigenvalue weighted by atomic mass is 32.1. The number of guanidine groups is 1. The van der Waals surface area contributed by atoms with E-state index < -0.39 is 0 Å². The van der Waals surface area contributed by atoms with Gasteiger partial charge in [0, 0.05) is 13.6 Å². The predicted molar refractivity (Wildman–Crippen MR) is 101 cm³/mol. The van der Waals surface area contributed by atoms with Gasteiger partial charge in [-0.1, -0.05) is 30.3 Å². The number of aromatic nitrogens is 1. The first-order valence-corrected chi connectivity index (χ1v) is 9.02. The van der Waals surface area contributed by atoms with Crippen LogP contribution < -0.4 is 10.6 Å². The summed E-state index contributed by atoms with van der Waals surface area (Å²) in [7, 11) is 1.73. The molecule has 0 aliphatic heterocycles. The summed E-state index contributed by atoms with van der Waals surface area (Å²) in [6.07, 6.45) is 0. The van der Waals surface area contributed by atoms with Crippen LogP contribution in [0.2, 0.25) is 0 Å². The summed E-state index contributed by atoms with van der Waals surface area (Å²) in [4.78, 5) is 21.2. The maximum atomic E-state index is 11.9. The van der Waals surface area contributed by atoms with E-state index in [1.807, 2.05) is 32.0 Å². The van der Waals surface area contributed by atoms with Gasteiger partial charge in [0.1, 0.15) is 9.88 Å². The smallest absolute Gasteiger partial charge is 0.350 e. The van der Waals surface area contributed by atoms with E-state index in [4.69, 9.17) is 4.74 Å². The molecule has 2 aromatic rings. The lowest BCUT2D eigenvalue weighted by molar-refractivity contribution is 0.0531. The Morgan fingerprint density at radius 3 is 2.72 bits per heavy atom. The Morgan fingerprint density at radius 1 is 1.36 bits per heavy atom. The molecule has 0 aliphatic rings. The van der Waals surface area contributed by atoms with E-state index in [0.29, 0.717) is 29.7 Å². The molecule has 0 amide bonds. The van der Waals surface area contributed by atoms with Gasteiger partial charge in [0.2, 0.25) is 0 Å². The molecule has 0 spiro atoms. The van der Waals surface area contributed by atoms with Crippen molar-refractivity contribution >= 4 is 23.3 Å². The number of aryl methyl sites for hydroxylation is 1. The first kappa shape index (κ1) is 18.9. The molecule has 1 atom stereocenters. The topological polar surface area (TPSA) is 75.6 Å². The molecule has 6 nitrogen and oxygen atoms in total. The average Bonchev–Trinajstić information content (AvgIpc) is 3.01. The van der Waals surface area contributed by atoms with Gasteiger partial charge in [-0.15, -0.1) is 11.3 Å². The minimum atomic E-state index is -0.317. The Bertz CT molecular complexity index is 728. The highest BCUT2D eigenvalue weighted by Crippen LogP contribution is 2.24. The minimum Gasteiger partial charge on any atom is -0.462 e. The Hall–Kier alpha value is -2.41. The Kier molecular flexibility index (Phi) is 6.94. The second-order valence-corrected chi connectivity index (χ2v) is 6.50. The Labute approximate surface area is 152 Å². The monoisotopic (exact) mass is 360 g/mol. The first-order chi connectivity index (χ1) is 12.0. The fourth-order valence-corrected chi connectivity index (χ4v) is 3.19. The van der Waals surface area contributed by atoms with Crippen molar-refractivity contribution in [1.29, 1.82) is 0 Å². The molecule has 0 radical (unpaired) electrons. The zero-order valence-electron chi connectivity index (χ0n) is 15.0. The van der Waals surface area contributed by atoms with Crippen LogP contribution in [0.15, 0.2) is 35.3 Å². The van der Waals surface area contributed by atoms with E-state index in [0.717, 1.165) is 5.01 Å². The second-order valence-electron chi connectivity index (χ2n) is 5.46. The third kappa shape index (κ3) is 5.29. The highest BCUT2D eigenvalue weighted by Gasteiger charge is 2.20. The van der Waals surface area contributed by atoms with Gasteiger partial charge in [-0.25, -0.2) is 9.78 Å². The number of aliphatic imine (C=N–C) groups is 1. The maximum Gasteiger partial charge on any atom is 0.350 e. The van der Waals surface area contributed by atoms with Gasteiger partial charge in [0.05, 0.1) is 18.3 Å². The van der Waals surface area contributed by atoms with E-state index in [-0.39, 0.29) is 12.0 Å². The largest absolute Gasteiger partial charge is 0.462 e. The average molecular weight is 360 g/mol. The van der Waals surface area contributed by atoms with Crippen molar-refractivity contribution in [2.75, 3.05) is 13.7 Å². The summed E-state index contributed by atoms with van der Waals surface area (Å²) in [5.41, 5.74) is 1.87. The number of nitrogens with zero attached hydrogens (tertiary/aromatic N) is 2. The third-order valence-corrected chi connectivity index (χ3v) is 4.84. The van der Waals surface area contributed by atoms with E-state index in [1.165, 1.54) is 16.9 Å². The zero-order chi connectivity index (χ0) is 18.2. The Morgan fingerprint density at radius 2 is 2.08 bits per heavy atom. The minimum absolute atomic E-state index is 0.0751. The summed E-state index contributed by atoms with van der Waals surface area (Å²) in [6.45, 7) is 6.64. The van der Waals surface area contributed by atoms with Gasteiger partial charge in [0.25, 0.3) is 0 Å². The number of carbonyl (C=O) groups excluding carboxylic acids is 1. The molecule has 25 heavy (non-hydrogen) atoms. The van der Waals surface area contributed by atoms with Crippen LogP contribution in [-0.4, -0.2) is 30.6 Å². The molecule has 0 aliphatic carbocycles. The van der Waals surface area contributed by atoms with Gasteiger partial charge in [-0.05, 0) is 26.3 Å². The number of esters is 1. The normalized spacial score (nSPS) is 12.6. The lowest BCUT2D eigenvalue weighted by Gasteiger charge is -2.16. The summed E-state index contributed by atoms with van der Waals surface area (Å²) in [5, 5.41) is 7.40. The summed E-state index contributed by atoms with van der Waals surface area (Å²) in [5.74, 6) is 0.365. The van der Waals surface area contributed by atoms with Crippen molar-refractivity contribution in [1.82, 2.24) is 15.6 Å². The molecule has 0 bridgehead atoms. The molecule has 134 valence electrons. The van der Waals surface area contributed by atoms with Crippen LogP contribution >= 0.6 is 11.3 Å². The number of ether oxygens (including phenoxy) is 1. The number of thiazole rings is 1. The number of benzene rings is 1. The molecule has 0 saturated carbocycles. The van der Waals surface area contributed by atoms with Crippen LogP contribution in [0.3, 0.4) is 0 Å². The standard InChI is InChI=1S/C18H24N4O2S/c1-5-24-17(23)15-12(2)21-16(25-15)13(3)22-18(19-4)20-11-14-9-7-6-8-10-14/h6-10,13H,5,11H2,1-4H3,(H2,19,20,22). The molecule has 0 fully saturated rings. The number of carbonyl (C=O) groups is 1. The lowest BCUT2D eigenvalue weighted by Crippen LogP contribution is -2.38. The molecule has 1 aromatic carbocycles. The van der Waals surface area contributed by atoms with Crippen LogP contribution in [0.25, 0.3) is 0 Å². The van der Waals surface area contributed by atoms with Gasteiger partial charge in [0.15, 0.2) is 5.96 Å². The molecule has 7 heteroatoms. The molecular weight excluding hydrogens is 336 g/mol. The van der Waals surface area contributed by atoms with Crippen molar-refractivity contribution in [3.05, 3.63) is 51.5 Å². The maximum absolute atomic E-state index is 11.9. The van der Waals surface area contributed by atoms with Crippen LogP contribution in [0, 0.1) is 6.92 Å². The number of hydrogen-bond acceptors (Lipinski definition) is 5. The van der Waals surface area contributed by atoms with Crippen LogP contribution in [0.4, 0.5) is 0 Å². The predicted octanol–water partition coefficient (Wildman–Crippen LogP) is 3.05. The SMILES string of the molecule is CCOC(=O)c1sc(C(C)NC(=NC)NCc2ccccc2)nc1C. The van der Waals surface area contributed by atoms with Crippen molar-refractivity contribution in [2.45, 2.75) is 33.4 Å². The number of rotatable bonds is 6. The quantitative estimate of drug-likeness (QED) is 0.470. The van der Waals surface area contributed by atoms with Crippen molar-refractivity contribution < 1.29 is 9.53 Å². The zero-order valence-corrected chi connectivity index (χ0v) is 15.8. The number of hydrogen-bond donors (Lipinski definition) is 2. The third-order valence-electron chi connectivity index (χ3n) is 3.52. The molecule has 1 heterocycles. The molecule has 2 rings (SSSR count). The lowest BCUT2D eigenvalue weighted by atomic mass is 10.2. The molecule has 0 saturated heterocycles. The van der Waals surface area contributed by atoms with E-state index in [2.05, 4.69) is 32.7 Å². The number of nitrogens with one attached hydrogen (secondary N) is 2. The highest BCUT2D eigenvalue weighted by molar-refractivity contribution is 7.13. The van der Waals surface area contributed by atoms with Crippen LogP contribution in [0.1, 0.15) is 45.8 Å². The summed E-state index contributed by atoms with van der Waals surface area (Å²) in [6, 6.07) is 10.0. The van der Waals surface area contributed by atoms with E-state index >= 15 is 0 Å². The second kappa shape index (κ2) is 9.17. The molecule has 1 aromatic heterocycles. The first-order valence-electron chi connectivity index (χ1n) is 8.20. The van der Waals surface area contributed by atoms with Gasteiger partial charge < -0.3 is 15.4 Å². The van der Waals surface area contributed by atoms with Gasteiger partial charge in [-0.2, -0.15) is 0 Å². The Balaban J connectivity index is 1.98. The van der Waals surface area contributed by atoms with E-state index in [1.54, 1.807) is 14.0 Å². The fraction of sp³-hybridized carbons (Fsp3) is 0.389. The van der Waals surface area contributed by atoms with Crippen molar-refractivity contribution in [3.63, 3.8) is 0 Å². The van der Waals surface area contributed by atoms with Crippen LogP contribution in [0.5, 0.6) is 0 Å². The van der Waals surface area contributed by atoms with Crippen LogP contribution in [-0.2, 0) is 11.3 Å². The van der Waals surface area contributed by atoms with Gasteiger partial charge >= 0.3 is 5.97 Å². The van der Waals surface area contributed by atoms with Crippen molar-refractivity contribution in [3.8, 4) is 0 Å². The summed E-state index contributed by atoms with van der Waals surface area (Å²) < 4.78 is 5.07. The molecule has 1 unspecified atom stereocenters. The fourth-order valence-electron chi connectivity index (χ4n) is 2.23. The molecule has 2 N–H and O–H groups in total. The van der Waals surface area contributed by atoms with E-state index in [9.17, 15) is 4.79 Å². The molecular formula is C18H24N4O2S.